The summed E-state index contributed by atoms with van der Waals surface area (Å²) in [7, 11) is 0. The molecule has 2 rings (SSSR count). The third kappa shape index (κ3) is 7.01. The Bertz CT molecular complexity index is 745. The molecule has 0 aliphatic heterocycles. The van der Waals surface area contributed by atoms with Crippen LogP contribution in [-0.4, -0.2) is 31.5 Å². The number of carbonyl (C=O) groups is 2. The Morgan fingerprint density at radius 2 is 1.74 bits per heavy atom. The molecular weight excluding hydrogens is 342 g/mol. The molecule has 0 aromatic heterocycles. The van der Waals surface area contributed by atoms with Crippen molar-refractivity contribution in [2.45, 2.75) is 26.7 Å². The van der Waals surface area contributed by atoms with E-state index >= 15 is 0 Å². The Labute approximate surface area is 160 Å². The molecule has 2 amide bonds. The second kappa shape index (κ2) is 10.9. The van der Waals surface area contributed by atoms with Crippen LogP contribution in [0.25, 0.3) is 0 Å². The van der Waals surface area contributed by atoms with Crippen molar-refractivity contribution in [1.29, 1.82) is 0 Å². The van der Waals surface area contributed by atoms with Crippen LogP contribution in [0, 0.1) is 0 Å². The molecule has 0 saturated heterocycles. The monoisotopic (exact) mass is 369 g/mol. The van der Waals surface area contributed by atoms with E-state index in [2.05, 4.69) is 22.9 Å². The van der Waals surface area contributed by atoms with E-state index in [-0.39, 0.29) is 18.4 Å². The predicted octanol–water partition coefficient (Wildman–Crippen LogP) is 3.67. The average molecular weight is 369 g/mol. The van der Waals surface area contributed by atoms with Crippen LogP contribution in [0.3, 0.4) is 0 Å². The van der Waals surface area contributed by atoms with Gasteiger partial charge in [0.25, 0.3) is 5.91 Å². The predicted molar refractivity (Wildman–Crippen MR) is 108 cm³/mol. The molecule has 6 nitrogen and oxygen atoms in total. The summed E-state index contributed by atoms with van der Waals surface area (Å²) < 4.78 is 5.52. The number of benzene rings is 2. The van der Waals surface area contributed by atoms with E-state index in [1.54, 1.807) is 18.2 Å². The van der Waals surface area contributed by atoms with Crippen LogP contribution in [0.15, 0.2) is 48.5 Å². The maximum atomic E-state index is 12.1. The molecule has 6 heteroatoms. The molecular formula is C21H27N3O3. The van der Waals surface area contributed by atoms with Crippen LogP contribution in [-0.2, 0) is 4.79 Å². The highest BCUT2D eigenvalue weighted by Gasteiger charge is 2.07. The molecule has 3 N–H and O–H groups in total. The first kappa shape index (κ1) is 20.3. The fourth-order valence-electron chi connectivity index (χ4n) is 2.35. The van der Waals surface area contributed by atoms with E-state index in [1.807, 2.05) is 37.3 Å². The Morgan fingerprint density at radius 3 is 2.44 bits per heavy atom. The topological polar surface area (TPSA) is 79.5 Å². The third-order valence-corrected chi connectivity index (χ3v) is 3.72. The number of hydrogen-bond donors (Lipinski definition) is 3. The lowest BCUT2D eigenvalue weighted by molar-refractivity contribution is -0.114. The van der Waals surface area contributed by atoms with Crippen molar-refractivity contribution in [3.63, 3.8) is 0 Å². The molecule has 0 aliphatic rings. The van der Waals surface area contributed by atoms with Crippen LogP contribution in [0.5, 0.6) is 5.75 Å². The minimum Gasteiger partial charge on any atom is -0.494 e. The van der Waals surface area contributed by atoms with Crippen molar-refractivity contribution in [3.05, 3.63) is 54.1 Å². The molecule has 0 radical (unpaired) electrons. The van der Waals surface area contributed by atoms with Gasteiger partial charge >= 0.3 is 0 Å². The molecule has 2 aromatic carbocycles. The first-order chi connectivity index (χ1) is 13.1. The molecule has 0 spiro atoms. The maximum Gasteiger partial charge on any atom is 0.251 e. The van der Waals surface area contributed by atoms with Gasteiger partial charge in [-0.05, 0) is 55.3 Å². The molecule has 0 unspecified atom stereocenters. The summed E-state index contributed by atoms with van der Waals surface area (Å²) in [6, 6.07) is 14.4. The van der Waals surface area contributed by atoms with Crippen LogP contribution < -0.4 is 20.7 Å². The maximum absolute atomic E-state index is 12.1. The number of amides is 2. The van der Waals surface area contributed by atoms with Gasteiger partial charge in [-0.25, -0.2) is 0 Å². The first-order valence-corrected chi connectivity index (χ1v) is 9.27. The van der Waals surface area contributed by atoms with Gasteiger partial charge in [-0.2, -0.15) is 0 Å². The van der Waals surface area contributed by atoms with Gasteiger partial charge in [-0.1, -0.05) is 19.9 Å². The molecule has 144 valence electrons. The standard InChI is InChI=1S/C21H27N3O3/c1-3-12-22-21(26)16-6-5-7-18(14-16)23-15-20(25)24-17-8-10-19(11-9-17)27-13-4-2/h5-11,14,23H,3-4,12-13,15H2,1-2H3,(H,22,26)(H,24,25). The lowest BCUT2D eigenvalue weighted by Gasteiger charge is -2.10. The van der Waals surface area contributed by atoms with E-state index in [1.165, 1.54) is 0 Å². The summed E-state index contributed by atoms with van der Waals surface area (Å²) >= 11 is 0. The smallest absolute Gasteiger partial charge is 0.251 e. The fraction of sp³-hybridized carbons (Fsp3) is 0.333. The highest BCUT2D eigenvalue weighted by molar-refractivity contribution is 5.96. The Kier molecular flexibility index (Phi) is 8.16. The van der Waals surface area contributed by atoms with Crippen LogP contribution in [0.2, 0.25) is 0 Å². The molecule has 0 fully saturated rings. The second-order valence-electron chi connectivity index (χ2n) is 6.11. The van der Waals surface area contributed by atoms with Crippen LogP contribution >= 0.6 is 0 Å². The van der Waals surface area contributed by atoms with Gasteiger partial charge in [0.2, 0.25) is 5.91 Å². The summed E-state index contributed by atoms with van der Waals surface area (Å²) in [6.45, 7) is 5.47. The zero-order valence-electron chi connectivity index (χ0n) is 15.9. The number of nitrogens with one attached hydrogen (secondary N) is 3. The minimum atomic E-state index is -0.168. The number of ether oxygens (including phenoxy) is 1. The second-order valence-corrected chi connectivity index (χ2v) is 6.11. The fourth-order valence-corrected chi connectivity index (χ4v) is 2.35. The molecule has 0 bridgehead atoms. The van der Waals surface area contributed by atoms with E-state index in [0.29, 0.717) is 24.4 Å². The van der Waals surface area contributed by atoms with E-state index in [9.17, 15) is 9.59 Å². The van der Waals surface area contributed by atoms with Gasteiger partial charge in [0.15, 0.2) is 0 Å². The normalized spacial score (nSPS) is 10.1. The largest absolute Gasteiger partial charge is 0.494 e. The molecule has 2 aromatic rings. The highest BCUT2D eigenvalue weighted by atomic mass is 16.5. The molecule has 0 saturated carbocycles. The van der Waals surface area contributed by atoms with Crippen molar-refractivity contribution < 1.29 is 14.3 Å². The number of carbonyl (C=O) groups excluding carboxylic acids is 2. The Hall–Kier alpha value is -3.02. The number of anilines is 2. The summed E-state index contributed by atoms with van der Waals surface area (Å²) in [4.78, 5) is 24.1. The van der Waals surface area contributed by atoms with E-state index in [4.69, 9.17) is 4.74 Å². The highest BCUT2D eigenvalue weighted by Crippen LogP contribution is 2.16. The number of hydrogen-bond acceptors (Lipinski definition) is 4. The summed E-state index contributed by atoms with van der Waals surface area (Å²) in [5.41, 5.74) is 1.99. The zero-order chi connectivity index (χ0) is 19.5. The van der Waals surface area contributed by atoms with E-state index < -0.39 is 0 Å². The lowest BCUT2D eigenvalue weighted by Crippen LogP contribution is -2.24. The third-order valence-electron chi connectivity index (χ3n) is 3.72. The van der Waals surface area contributed by atoms with Gasteiger partial charge in [-0.3, -0.25) is 9.59 Å². The van der Waals surface area contributed by atoms with Gasteiger partial charge in [0.1, 0.15) is 5.75 Å². The van der Waals surface area contributed by atoms with Crippen molar-refractivity contribution in [1.82, 2.24) is 5.32 Å². The zero-order valence-corrected chi connectivity index (χ0v) is 15.9. The van der Waals surface area contributed by atoms with Crippen molar-refractivity contribution >= 4 is 23.2 Å². The average Bonchev–Trinajstić information content (AvgIpc) is 2.70. The lowest BCUT2D eigenvalue weighted by atomic mass is 10.2. The molecule has 0 heterocycles. The summed E-state index contributed by atoms with van der Waals surface area (Å²) in [5, 5.41) is 8.70. The van der Waals surface area contributed by atoms with Crippen molar-refractivity contribution in [3.8, 4) is 5.75 Å². The number of rotatable bonds is 10. The minimum absolute atomic E-state index is 0.105. The van der Waals surface area contributed by atoms with Crippen LogP contribution in [0.4, 0.5) is 11.4 Å². The van der Waals surface area contributed by atoms with Gasteiger partial charge in [0, 0.05) is 23.5 Å². The first-order valence-electron chi connectivity index (χ1n) is 9.27. The molecule has 0 aliphatic carbocycles. The van der Waals surface area contributed by atoms with Crippen molar-refractivity contribution in [2.75, 3.05) is 30.3 Å². The SMILES string of the molecule is CCCNC(=O)c1cccc(NCC(=O)Nc2ccc(OCCC)cc2)c1. The molecule has 0 atom stereocenters. The quantitative estimate of drug-likeness (QED) is 0.597. The van der Waals surface area contributed by atoms with Gasteiger partial charge in [-0.15, -0.1) is 0 Å². The molecule has 27 heavy (non-hydrogen) atoms. The summed E-state index contributed by atoms with van der Waals surface area (Å²) in [5.74, 6) is 0.500. The summed E-state index contributed by atoms with van der Waals surface area (Å²) in [6.07, 6.45) is 1.83. The Morgan fingerprint density at radius 1 is 0.963 bits per heavy atom. The van der Waals surface area contributed by atoms with Gasteiger partial charge < -0.3 is 20.7 Å². The van der Waals surface area contributed by atoms with E-state index in [0.717, 1.165) is 24.3 Å². The van der Waals surface area contributed by atoms with Gasteiger partial charge in [0.05, 0.1) is 13.2 Å². The van der Waals surface area contributed by atoms with Crippen molar-refractivity contribution in [2.24, 2.45) is 0 Å². The van der Waals surface area contributed by atoms with Crippen LogP contribution in [0.1, 0.15) is 37.0 Å². The Balaban J connectivity index is 1.83.